The van der Waals surface area contributed by atoms with Crippen LogP contribution >= 0.6 is 15.6 Å². The summed E-state index contributed by atoms with van der Waals surface area (Å²) in [4.78, 5) is 73.2. The van der Waals surface area contributed by atoms with Crippen LogP contribution in [0, 0.1) is 5.92 Å². The molecule has 0 aliphatic carbocycles. The van der Waals surface area contributed by atoms with Crippen molar-refractivity contribution in [1.29, 1.82) is 0 Å². The van der Waals surface area contributed by atoms with Crippen LogP contribution in [0.1, 0.15) is 471 Å². The summed E-state index contributed by atoms with van der Waals surface area (Å²) in [6.45, 7) is 7.36. The molecule has 630 valence electrons. The monoisotopic (exact) mass is 1550 g/mol. The van der Waals surface area contributed by atoms with Crippen molar-refractivity contribution >= 4 is 39.5 Å². The summed E-state index contributed by atoms with van der Waals surface area (Å²) in [6, 6.07) is 0. The van der Waals surface area contributed by atoms with Gasteiger partial charge in [-0.05, 0) is 31.6 Å². The van der Waals surface area contributed by atoms with Crippen molar-refractivity contribution in [2.75, 3.05) is 39.6 Å². The van der Waals surface area contributed by atoms with E-state index in [1.807, 2.05) is 0 Å². The fraction of sp³-hybridized carbons (Fsp3) is 0.954. The minimum absolute atomic E-state index is 0.106. The van der Waals surface area contributed by atoms with Crippen LogP contribution in [-0.2, 0) is 65.4 Å². The molecule has 3 N–H and O–H groups in total. The van der Waals surface area contributed by atoms with Crippen molar-refractivity contribution in [2.24, 2.45) is 5.92 Å². The molecule has 0 aromatic carbocycles. The molecule has 0 aromatic heterocycles. The van der Waals surface area contributed by atoms with E-state index in [0.717, 1.165) is 95.8 Å². The lowest BCUT2D eigenvalue weighted by molar-refractivity contribution is -0.161. The molecule has 106 heavy (non-hydrogen) atoms. The van der Waals surface area contributed by atoms with Crippen LogP contribution in [0.3, 0.4) is 0 Å². The second kappa shape index (κ2) is 79.7. The maximum atomic E-state index is 13.2. The second-order valence-electron chi connectivity index (χ2n) is 31.5. The van der Waals surface area contributed by atoms with Gasteiger partial charge in [0.05, 0.1) is 26.4 Å². The number of ether oxygens (including phenoxy) is 4. The van der Waals surface area contributed by atoms with Crippen molar-refractivity contribution in [2.45, 2.75) is 490 Å². The van der Waals surface area contributed by atoms with Gasteiger partial charge in [-0.25, -0.2) is 9.13 Å². The molecule has 0 spiro atoms. The summed E-state index contributed by atoms with van der Waals surface area (Å²) in [5, 5.41) is 10.7. The molecular formula is C87H170O17P2. The fourth-order valence-corrected chi connectivity index (χ4v) is 15.2. The standard InChI is InChI=1S/C87H170O17P2/c1-6-10-13-16-19-22-25-28-30-32-34-36-38-40-42-44-47-50-56-61-66-71-85(90)97-76-82(103-86(91)72-67-62-57-51-48-45-43-41-39-37-35-33-31-29-26-23-20-17-14-11-7-2)78-101-105(93,94)99-74-81(88)75-100-106(95,96)102-79-83(104-87(92)73-68-63-58-53-52-54-59-64-69-80(5)9-4)77-98-84(89)70-65-60-55-49-46-27-24-21-18-15-12-8-3/h80-83,88H,6-79H2,1-5H3,(H,93,94)(H,95,96)/t80?,81-,82-,83-/m1/s1. The Bertz CT molecular complexity index is 2020. The number of phosphoric acid groups is 2. The first-order valence-corrected chi connectivity index (χ1v) is 48.2. The molecule has 0 rings (SSSR count). The molecule has 0 aromatic rings. The third-order valence-electron chi connectivity index (χ3n) is 20.9. The number of hydrogen-bond acceptors (Lipinski definition) is 15. The molecule has 0 fully saturated rings. The quantitative estimate of drug-likeness (QED) is 0.0222. The number of carbonyl (C=O) groups is 4. The molecule has 17 nitrogen and oxygen atoms in total. The molecule has 0 aliphatic heterocycles. The third kappa shape index (κ3) is 78.7. The predicted octanol–water partition coefficient (Wildman–Crippen LogP) is 26.8. The van der Waals surface area contributed by atoms with Crippen molar-refractivity contribution in [3.05, 3.63) is 0 Å². The molecular weight excluding hydrogens is 1380 g/mol. The molecule has 0 saturated carbocycles. The summed E-state index contributed by atoms with van der Waals surface area (Å²) >= 11 is 0. The van der Waals surface area contributed by atoms with Crippen LogP contribution in [0.5, 0.6) is 0 Å². The number of unbranched alkanes of at least 4 members (excludes halogenated alkanes) is 58. The number of rotatable bonds is 87. The van der Waals surface area contributed by atoms with Crippen LogP contribution in [0.2, 0.25) is 0 Å². The molecule has 0 saturated heterocycles. The van der Waals surface area contributed by atoms with E-state index < -0.39 is 97.5 Å². The SMILES string of the molecule is CCCCCCCCCCCCCCCCCCCCCCCC(=O)OC[C@H](COP(=O)(O)OC[C@@H](O)COP(=O)(O)OC[C@@H](COC(=O)CCCCCCCCCCCCCC)OC(=O)CCCCCCCCCCC(C)CC)OC(=O)CCCCCCCCCCCCCCCCCCCCCCC. The van der Waals surface area contributed by atoms with Gasteiger partial charge in [0.1, 0.15) is 19.3 Å². The van der Waals surface area contributed by atoms with Crippen molar-refractivity contribution in [3.8, 4) is 0 Å². The first-order valence-electron chi connectivity index (χ1n) is 45.2. The number of esters is 4. The predicted molar refractivity (Wildman–Crippen MR) is 437 cm³/mol. The Morgan fingerprint density at radius 2 is 0.453 bits per heavy atom. The van der Waals surface area contributed by atoms with E-state index in [-0.39, 0.29) is 25.7 Å². The summed E-state index contributed by atoms with van der Waals surface area (Å²) in [6.07, 6.45) is 73.7. The maximum absolute atomic E-state index is 13.2. The van der Waals surface area contributed by atoms with Crippen molar-refractivity contribution < 1.29 is 80.2 Å². The summed E-state index contributed by atoms with van der Waals surface area (Å²) < 4.78 is 68.9. The normalized spacial score (nSPS) is 14.0. The highest BCUT2D eigenvalue weighted by Crippen LogP contribution is 2.45. The number of aliphatic hydroxyl groups is 1. The van der Waals surface area contributed by atoms with Crippen LogP contribution in [-0.4, -0.2) is 96.7 Å². The first-order chi connectivity index (χ1) is 51.6. The highest BCUT2D eigenvalue weighted by Gasteiger charge is 2.30. The zero-order chi connectivity index (χ0) is 77.6. The van der Waals surface area contributed by atoms with Gasteiger partial charge >= 0.3 is 39.5 Å². The van der Waals surface area contributed by atoms with E-state index in [0.29, 0.717) is 25.7 Å². The lowest BCUT2D eigenvalue weighted by Gasteiger charge is -2.21. The van der Waals surface area contributed by atoms with E-state index in [1.54, 1.807) is 0 Å². The van der Waals surface area contributed by atoms with Crippen LogP contribution in [0.25, 0.3) is 0 Å². The molecule has 0 aliphatic rings. The van der Waals surface area contributed by atoms with Gasteiger partial charge in [0.2, 0.25) is 0 Å². The van der Waals surface area contributed by atoms with Gasteiger partial charge in [-0.3, -0.25) is 37.3 Å². The van der Waals surface area contributed by atoms with Gasteiger partial charge < -0.3 is 33.8 Å². The zero-order valence-electron chi connectivity index (χ0n) is 69.6. The van der Waals surface area contributed by atoms with E-state index in [2.05, 4.69) is 34.6 Å². The van der Waals surface area contributed by atoms with E-state index in [4.69, 9.17) is 37.0 Å². The van der Waals surface area contributed by atoms with E-state index in [9.17, 15) is 43.2 Å². The second-order valence-corrected chi connectivity index (χ2v) is 34.4. The Labute approximate surface area is 651 Å². The summed E-state index contributed by atoms with van der Waals surface area (Å²) in [5.41, 5.74) is 0. The lowest BCUT2D eigenvalue weighted by atomic mass is 9.99. The van der Waals surface area contributed by atoms with E-state index in [1.165, 1.54) is 295 Å². The minimum atomic E-state index is -4.97. The molecule has 0 bridgehead atoms. The van der Waals surface area contributed by atoms with Gasteiger partial charge in [0.25, 0.3) is 0 Å². The Morgan fingerprint density at radius 1 is 0.264 bits per heavy atom. The molecule has 0 heterocycles. The molecule has 19 heteroatoms. The molecule has 3 unspecified atom stereocenters. The topological polar surface area (TPSA) is 237 Å². The lowest BCUT2D eigenvalue weighted by Crippen LogP contribution is -2.30. The maximum Gasteiger partial charge on any atom is 0.472 e. The van der Waals surface area contributed by atoms with Crippen molar-refractivity contribution in [3.63, 3.8) is 0 Å². The van der Waals surface area contributed by atoms with Gasteiger partial charge in [-0.15, -0.1) is 0 Å². The Morgan fingerprint density at radius 3 is 0.670 bits per heavy atom. The van der Waals surface area contributed by atoms with Gasteiger partial charge in [0.15, 0.2) is 12.2 Å². The zero-order valence-corrected chi connectivity index (χ0v) is 71.4. The highest BCUT2D eigenvalue weighted by atomic mass is 31.2. The van der Waals surface area contributed by atoms with E-state index >= 15 is 0 Å². The Kier molecular flexibility index (Phi) is 78.2. The summed E-state index contributed by atoms with van der Waals surface area (Å²) in [5.74, 6) is -1.33. The number of hydrogen-bond donors (Lipinski definition) is 3. The first kappa shape index (κ1) is 104. The van der Waals surface area contributed by atoms with Gasteiger partial charge in [-0.1, -0.05) is 420 Å². The van der Waals surface area contributed by atoms with Crippen LogP contribution < -0.4 is 0 Å². The number of phosphoric ester groups is 2. The molecule has 0 amide bonds. The number of carbonyl (C=O) groups excluding carboxylic acids is 4. The number of aliphatic hydroxyl groups excluding tert-OH is 1. The van der Waals surface area contributed by atoms with Crippen molar-refractivity contribution in [1.82, 2.24) is 0 Å². The summed E-state index contributed by atoms with van der Waals surface area (Å²) in [7, 11) is -9.93. The molecule has 0 radical (unpaired) electrons. The average molecular weight is 1550 g/mol. The largest absolute Gasteiger partial charge is 0.472 e. The van der Waals surface area contributed by atoms with Gasteiger partial charge in [0, 0.05) is 25.7 Å². The average Bonchev–Trinajstić information content (AvgIpc) is 0.900. The smallest absolute Gasteiger partial charge is 0.462 e. The highest BCUT2D eigenvalue weighted by molar-refractivity contribution is 7.47. The van der Waals surface area contributed by atoms with Gasteiger partial charge in [-0.2, -0.15) is 0 Å². The molecule has 6 atom stereocenters. The Hall–Kier alpha value is -1.94. The van der Waals surface area contributed by atoms with Crippen LogP contribution in [0.4, 0.5) is 0 Å². The minimum Gasteiger partial charge on any atom is -0.462 e. The third-order valence-corrected chi connectivity index (χ3v) is 22.8. The Balaban J connectivity index is 5.21. The van der Waals surface area contributed by atoms with Crippen LogP contribution in [0.15, 0.2) is 0 Å². The fourth-order valence-electron chi connectivity index (χ4n) is 13.6.